The fraction of sp³-hybridized carbons (Fsp3) is 1.00. The van der Waals surface area contributed by atoms with Crippen LogP contribution in [0.5, 0.6) is 0 Å². The average molecular weight is 178 g/mol. The van der Waals surface area contributed by atoms with E-state index in [0.717, 1.165) is 0 Å². The van der Waals surface area contributed by atoms with E-state index in [1.165, 1.54) is 0 Å². The molecule has 0 heterocycles. The molecular formula is C3H5F3O3S. The predicted octanol–water partition coefficient (Wildman–Crippen LogP) is 0.743. The Labute approximate surface area is 57.5 Å². The molecule has 0 saturated heterocycles. The fourth-order valence-corrected chi connectivity index (χ4v) is 0.541. The maximum atomic E-state index is 11.9. The minimum Gasteiger partial charge on any atom is -0.321 e. The van der Waals surface area contributed by atoms with Gasteiger partial charge in [-0.05, 0) is 0 Å². The second-order valence-electron chi connectivity index (χ2n) is 1.36. The molecule has 0 saturated carbocycles. The summed E-state index contributed by atoms with van der Waals surface area (Å²) in [4.78, 5) is 0. The number of ether oxygens (including phenoxy) is 1. The van der Waals surface area contributed by atoms with Gasteiger partial charge in [0, 0.05) is 7.11 Å². The van der Waals surface area contributed by atoms with E-state index in [1.54, 1.807) is 0 Å². The van der Waals surface area contributed by atoms with Gasteiger partial charge in [-0.25, -0.2) is 8.60 Å². The molecule has 2 atom stereocenters. The van der Waals surface area contributed by atoms with Crippen LogP contribution in [0.2, 0.25) is 0 Å². The zero-order chi connectivity index (χ0) is 8.36. The molecule has 0 amide bonds. The first-order valence-electron chi connectivity index (χ1n) is 2.08. The SMILES string of the molecule is COC(F)(F)C(F)S(=O)O. The summed E-state index contributed by atoms with van der Waals surface area (Å²) in [5.41, 5.74) is -3.20. The van der Waals surface area contributed by atoms with Gasteiger partial charge in [-0.15, -0.1) is 0 Å². The third-order valence-electron chi connectivity index (χ3n) is 0.713. The molecule has 0 radical (unpaired) electrons. The first-order chi connectivity index (χ1) is 4.41. The topological polar surface area (TPSA) is 46.5 Å². The van der Waals surface area contributed by atoms with Crippen LogP contribution in [0, 0.1) is 0 Å². The van der Waals surface area contributed by atoms with Crippen LogP contribution in [0.15, 0.2) is 0 Å². The van der Waals surface area contributed by atoms with Gasteiger partial charge >= 0.3 is 6.11 Å². The lowest BCUT2D eigenvalue weighted by Crippen LogP contribution is -2.34. The third-order valence-corrected chi connectivity index (χ3v) is 1.34. The van der Waals surface area contributed by atoms with Crippen molar-refractivity contribution >= 4 is 11.1 Å². The highest BCUT2D eigenvalue weighted by atomic mass is 32.2. The summed E-state index contributed by atoms with van der Waals surface area (Å²) < 4.78 is 56.4. The highest BCUT2D eigenvalue weighted by molar-refractivity contribution is 7.79. The van der Waals surface area contributed by atoms with Gasteiger partial charge in [-0.2, -0.15) is 8.78 Å². The van der Waals surface area contributed by atoms with Crippen LogP contribution in [-0.4, -0.2) is 27.5 Å². The molecular weight excluding hydrogens is 173 g/mol. The van der Waals surface area contributed by atoms with Crippen molar-refractivity contribution in [2.24, 2.45) is 0 Å². The predicted molar refractivity (Wildman–Crippen MR) is 27.6 cm³/mol. The Kier molecular flexibility index (Phi) is 3.26. The molecule has 1 N–H and O–H groups in total. The highest BCUT2D eigenvalue weighted by Crippen LogP contribution is 2.23. The van der Waals surface area contributed by atoms with E-state index in [-0.39, 0.29) is 0 Å². The lowest BCUT2D eigenvalue weighted by Gasteiger charge is -2.14. The van der Waals surface area contributed by atoms with E-state index in [2.05, 4.69) is 4.74 Å². The first kappa shape index (κ1) is 9.86. The zero-order valence-corrected chi connectivity index (χ0v) is 5.70. The average Bonchev–Trinajstić information content (AvgIpc) is 1.86. The quantitative estimate of drug-likeness (QED) is 0.648. The largest absolute Gasteiger partial charge is 0.401 e. The molecule has 0 aromatic rings. The number of methoxy groups -OCH3 is 1. The second kappa shape index (κ2) is 3.31. The normalized spacial score (nSPS) is 18.5. The number of hydrogen-bond donors (Lipinski definition) is 1. The van der Waals surface area contributed by atoms with Crippen LogP contribution in [0.25, 0.3) is 0 Å². The van der Waals surface area contributed by atoms with Crippen LogP contribution < -0.4 is 0 Å². The molecule has 0 bridgehead atoms. The monoisotopic (exact) mass is 178 g/mol. The Bertz CT molecular complexity index is 139. The van der Waals surface area contributed by atoms with E-state index < -0.39 is 22.7 Å². The summed E-state index contributed by atoms with van der Waals surface area (Å²) in [6.45, 7) is 0. The van der Waals surface area contributed by atoms with Crippen molar-refractivity contribution in [3.63, 3.8) is 0 Å². The van der Waals surface area contributed by atoms with Crippen molar-refractivity contribution in [2.45, 2.75) is 11.6 Å². The van der Waals surface area contributed by atoms with E-state index in [0.29, 0.717) is 7.11 Å². The molecule has 0 aromatic heterocycles. The molecule has 10 heavy (non-hydrogen) atoms. The van der Waals surface area contributed by atoms with E-state index in [1.807, 2.05) is 0 Å². The molecule has 0 fully saturated rings. The van der Waals surface area contributed by atoms with Gasteiger partial charge in [0.25, 0.3) is 5.50 Å². The van der Waals surface area contributed by atoms with Gasteiger partial charge in [0.1, 0.15) is 0 Å². The number of rotatable bonds is 3. The molecule has 2 unspecified atom stereocenters. The van der Waals surface area contributed by atoms with Gasteiger partial charge in [0.05, 0.1) is 0 Å². The van der Waals surface area contributed by atoms with E-state index >= 15 is 0 Å². The highest BCUT2D eigenvalue weighted by Gasteiger charge is 2.44. The number of halogens is 3. The van der Waals surface area contributed by atoms with Crippen LogP contribution >= 0.6 is 0 Å². The summed E-state index contributed by atoms with van der Waals surface area (Å²) in [5, 5.41) is 0. The maximum Gasteiger partial charge on any atom is 0.401 e. The van der Waals surface area contributed by atoms with Crippen LogP contribution in [0.4, 0.5) is 13.2 Å². The molecule has 62 valence electrons. The number of alkyl halides is 3. The van der Waals surface area contributed by atoms with Gasteiger partial charge in [0.2, 0.25) is 0 Å². The summed E-state index contributed by atoms with van der Waals surface area (Å²) in [6, 6.07) is 0. The molecule has 0 aromatic carbocycles. The molecule has 3 nitrogen and oxygen atoms in total. The van der Waals surface area contributed by atoms with Crippen LogP contribution in [0.3, 0.4) is 0 Å². The summed E-state index contributed by atoms with van der Waals surface area (Å²) in [6.07, 6.45) is -4.19. The van der Waals surface area contributed by atoms with Gasteiger partial charge in [0.15, 0.2) is 11.1 Å². The Morgan fingerprint density at radius 3 is 2.20 bits per heavy atom. The second-order valence-corrected chi connectivity index (χ2v) is 2.32. The van der Waals surface area contributed by atoms with Crippen molar-refractivity contribution in [2.75, 3.05) is 7.11 Å². The molecule has 0 aliphatic carbocycles. The molecule has 0 rings (SSSR count). The zero-order valence-electron chi connectivity index (χ0n) is 4.88. The first-order valence-corrected chi connectivity index (χ1v) is 3.25. The fourth-order valence-electron chi connectivity index (χ4n) is 0.210. The molecule has 7 heteroatoms. The standard InChI is InChI=1S/C3H5F3O3S/c1-9-3(5,6)2(4)10(7)8/h2H,1H3,(H,7,8). The number of hydrogen-bond acceptors (Lipinski definition) is 2. The van der Waals surface area contributed by atoms with Gasteiger partial charge in [-0.1, -0.05) is 0 Å². The lowest BCUT2D eigenvalue weighted by atomic mass is 10.7. The van der Waals surface area contributed by atoms with Crippen molar-refractivity contribution in [1.29, 1.82) is 0 Å². The smallest absolute Gasteiger partial charge is 0.321 e. The Hall–Kier alpha value is -0.140. The van der Waals surface area contributed by atoms with E-state index in [9.17, 15) is 17.4 Å². The van der Waals surface area contributed by atoms with Gasteiger partial charge in [-0.3, -0.25) is 0 Å². The minimum atomic E-state index is -4.19. The van der Waals surface area contributed by atoms with Crippen molar-refractivity contribution in [3.05, 3.63) is 0 Å². The van der Waals surface area contributed by atoms with Crippen molar-refractivity contribution in [3.8, 4) is 0 Å². The molecule has 0 aliphatic rings. The van der Waals surface area contributed by atoms with Crippen molar-refractivity contribution in [1.82, 2.24) is 0 Å². The molecule has 0 aliphatic heterocycles. The lowest BCUT2D eigenvalue weighted by molar-refractivity contribution is -0.240. The summed E-state index contributed by atoms with van der Waals surface area (Å²) >= 11 is -3.22. The van der Waals surface area contributed by atoms with Crippen LogP contribution in [0.1, 0.15) is 0 Å². The summed E-state index contributed by atoms with van der Waals surface area (Å²) in [5.74, 6) is 0. The molecule has 0 spiro atoms. The van der Waals surface area contributed by atoms with Crippen LogP contribution in [-0.2, 0) is 15.8 Å². The third kappa shape index (κ3) is 2.24. The van der Waals surface area contributed by atoms with Crippen molar-refractivity contribution < 1.29 is 26.7 Å². The Balaban J connectivity index is 4.17. The van der Waals surface area contributed by atoms with Gasteiger partial charge < -0.3 is 9.29 Å². The van der Waals surface area contributed by atoms with E-state index in [4.69, 9.17) is 4.55 Å². The minimum absolute atomic E-state index is 0.541. The maximum absolute atomic E-state index is 11.9. The Morgan fingerprint density at radius 1 is 1.70 bits per heavy atom. The Morgan fingerprint density at radius 2 is 2.10 bits per heavy atom. The summed E-state index contributed by atoms with van der Waals surface area (Å²) in [7, 11) is 0.541.